The number of carbonyl (C=O) groups is 1. The van der Waals surface area contributed by atoms with Crippen LogP contribution in [0.25, 0.3) is 16.8 Å². The number of esters is 1. The topological polar surface area (TPSA) is 65.2 Å². The maximum absolute atomic E-state index is 11.8. The van der Waals surface area contributed by atoms with E-state index in [9.17, 15) is 4.79 Å². The van der Waals surface area contributed by atoms with Gasteiger partial charge in [0.15, 0.2) is 6.61 Å². The van der Waals surface area contributed by atoms with Crippen molar-refractivity contribution in [1.82, 2.24) is 10.2 Å². The fourth-order valence-corrected chi connectivity index (χ4v) is 3.60. The van der Waals surface area contributed by atoms with E-state index in [0.29, 0.717) is 21.5 Å². The molecule has 0 saturated heterocycles. The molecule has 2 aromatic heterocycles. The monoisotopic (exact) mass is 458 g/mol. The van der Waals surface area contributed by atoms with E-state index in [1.807, 2.05) is 12.1 Å². The highest BCUT2D eigenvalue weighted by Gasteiger charge is 2.12. The first kappa shape index (κ1) is 18.1. The van der Waals surface area contributed by atoms with Gasteiger partial charge < -0.3 is 9.15 Å². The minimum absolute atomic E-state index is 0.114. The molecule has 25 heavy (non-hydrogen) atoms. The average Bonchev–Trinajstić information content (AvgIpc) is 3.21. The number of nitrogens with zero attached hydrogens (tertiary/aromatic N) is 2. The highest BCUT2D eigenvalue weighted by Crippen LogP contribution is 2.30. The SMILES string of the molecule is O=C(/C=C/c1ccc(Cl)cc1Cl)OCc1nnc(-c2ccc(Br)s2)o1. The van der Waals surface area contributed by atoms with E-state index in [1.54, 1.807) is 24.3 Å². The van der Waals surface area contributed by atoms with Crippen molar-refractivity contribution in [2.75, 3.05) is 0 Å². The Hall–Kier alpha value is -1.67. The van der Waals surface area contributed by atoms with Crippen LogP contribution in [-0.4, -0.2) is 16.2 Å². The number of halogens is 3. The van der Waals surface area contributed by atoms with Crippen LogP contribution in [0.5, 0.6) is 0 Å². The Morgan fingerprint density at radius 3 is 2.84 bits per heavy atom. The van der Waals surface area contributed by atoms with Gasteiger partial charge >= 0.3 is 5.97 Å². The van der Waals surface area contributed by atoms with Crippen LogP contribution in [0.15, 0.2) is 44.6 Å². The van der Waals surface area contributed by atoms with Gasteiger partial charge in [-0.05, 0) is 51.8 Å². The lowest BCUT2D eigenvalue weighted by Gasteiger charge is -1.99. The lowest BCUT2D eigenvalue weighted by molar-refractivity contribution is -0.139. The fourth-order valence-electron chi connectivity index (χ4n) is 1.82. The van der Waals surface area contributed by atoms with Crippen molar-refractivity contribution < 1.29 is 13.9 Å². The van der Waals surface area contributed by atoms with E-state index in [0.717, 1.165) is 8.66 Å². The first-order valence-corrected chi connectivity index (χ1v) is 9.26. The summed E-state index contributed by atoms with van der Waals surface area (Å²) in [5.41, 5.74) is 0.659. The van der Waals surface area contributed by atoms with Crippen molar-refractivity contribution in [1.29, 1.82) is 0 Å². The molecule has 3 aromatic rings. The van der Waals surface area contributed by atoms with Crippen molar-refractivity contribution in [2.45, 2.75) is 6.61 Å². The molecule has 0 atom stereocenters. The molecule has 0 radical (unpaired) electrons. The molecule has 0 unspecified atom stereocenters. The molecule has 0 fully saturated rings. The molecule has 1 aromatic carbocycles. The van der Waals surface area contributed by atoms with Gasteiger partial charge in [0.2, 0.25) is 0 Å². The second-order valence-corrected chi connectivity index (χ2v) is 8.02. The van der Waals surface area contributed by atoms with Gasteiger partial charge in [0.05, 0.1) is 8.66 Å². The summed E-state index contributed by atoms with van der Waals surface area (Å²) in [5, 5.41) is 8.75. The summed E-state index contributed by atoms with van der Waals surface area (Å²) in [6.45, 7) is -0.114. The number of benzene rings is 1. The Balaban J connectivity index is 1.57. The number of ether oxygens (including phenoxy) is 1. The summed E-state index contributed by atoms with van der Waals surface area (Å²) in [6, 6.07) is 8.73. The first-order chi connectivity index (χ1) is 12.0. The zero-order valence-corrected chi connectivity index (χ0v) is 16.3. The van der Waals surface area contributed by atoms with E-state index in [-0.39, 0.29) is 12.5 Å². The molecule has 2 heterocycles. The molecule has 0 aliphatic rings. The Labute approximate surface area is 165 Å². The molecule has 0 aliphatic heterocycles. The summed E-state index contributed by atoms with van der Waals surface area (Å²) in [6.07, 6.45) is 2.81. The van der Waals surface area contributed by atoms with Gasteiger partial charge in [-0.3, -0.25) is 0 Å². The maximum atomic E-state index is 11.8. The van der Waals surface area contributed by atoms with Crippen LogP contribution in [0.1, 0.15) is 11.5 Å². The van der Waals surface area contributed by atoms with Crippen LogP contribution in [0.2, 0.25) is 10.0 Å². The molecule has 0 saturated carbocycles. The summed E-state index contributed by atoms with van der Waals surface area (Å²) >= 11 is 16.7. The Morgan fingerprint density at radius 2 is 2.12 bits per heavy atom. The molecule has 0 amide bonds. The van der Waals surface area contributed by atoms with Crippen LogP contribution in [-0.2, 0) is 16.1 Å². The van der Waals surface area contributed by atoms with Crippen molar-refractivity contribution in [3.63, 3.8) is 0 Å². The van der Waals surface area contributed by atoms with E-state index in [4.69, 9.17) is 32.4 Å². The predicted molar refractivity (Wildman–Crippen MR) is 101 cm³/mol. The number of rotatable bonds is 5. The van der Waals surface area contributed by atoms with Gasteiger partial charge in [-0.15, -0.1) is 21.5 Å². The summed E-state index contributed by atoms with van der Waals surface area (Å²) in [7, 11) is 0. The smallest absolute Gasteiger partial charge is 0.331 e. The van der Waals surface area contributed by atoms with Gasteiger partial charge in [0, 0.05) is 16.1 Å². The third-order valence-electron chi connectivity index (χ3n) is 2.95. The van der Waals surface area contributed by atoms with Crippen molar-refractivity contribution in [3.05, 3.63) is 61.7 Å². The summed E-state index contributed by atoms with van der Waals surface area (Å²) < 4.78 is 11.5. The molecule has 0 N–H and O–H groups in total. The number of hydrogen-bond donors (Lipinski definition) is 0. The summed E-state index contributed by atoms with van der Waals surface area (Å²) in [5.74, 6) is 0.0423. The van der Waals surface area contributed by atoms with E-state index < -0.39 is 5.97 Å². The Morgan fingerprint density at radius 1 is 1.28 bits per heavy atom. The second-order valence-electron chi connectivity index (χ2n) is 4.71. The Bertz CT molecular complexity index is 939. The molecular formula is C16H9BrCl2N2O3S. The number of carbonyl (C=O) groups excluding carboxylic acids is 1. The van der Waals surface area contributed by atoms with Gasteiger partial charge in [0.25, 0.3) is 11.8 Å². The van der Waals surface area contributed by atoms with Crippen LogP contribution in [0.4, 0.5) is 0 Å². The zero-order valence-electron chi connectivity index (χ0n) is 12.4. The van der Waals surface area contributed by atoms with Crippen LogP contribution >= 0.6 is 50.5 Å². The standard InChI is InChI=1S/C16H9BrCl2N2O3S/c17-13-5-4-12(25-13)16-21-20-14(24-16)8-23-15(22)6-2-9-1-3-10(18)7-11(9)19/h1-7H,8H2/b6-2+. The van der Waals surface area contributed by atoms with Crippen LogP contribution in [0.3, 0.4) is 0 Å². The number of thiophene rings is 1. The molecule has 9 heteroatoms. The Kier molecular flexibility index (Phi) is 5.90. The lowest BCUT2D eigenvalue weighted by atomic mass is 10.2. The zero-order chi connectivity index (χ0) is 17.8. The van der Waals surface area contributed by atoms with E-state index >= 15 is 0 Å². The molecular weight excluding hydrogens is 451 g/mol. The van der Waals surface area contributed by atoms with Crippen LogP contribution < -0.4 is 0 Å². The number of hydrogen-bond acceptors (Lipinski definition) is 6. The third kappa shape index (κ3) is 4.92. The highest BCUT2D eigenvalue weighted by molar-refractivity contribution is 9.11. The summed E-state index contributed by atoms with van der Waals surface area (Å²) in [4.78, 5) is 12.6. The van der Waals surface area contributed by atoms with Crippen molar-refractivity contribution in [2.24, 2.45) is 0 Å². The van der Waals surface area contributed by atoms with Gasteiger partial charge in [-0.25, -0.2) is 4.79 Å². The fraction of sp³-hybridized carbons (Fsp3) is 0.0625. The molecule has 3 rings (SSSR count). The largest absolute Gasteiger partial charge is 0.452 e. The lowest BCUT2D eigenvalue weighted by Crippen LogP contribution is -2.00. The van der Waals surface area contributed by atoms with Gasteiger partial charge in [-0.1, -0.05) is 29.3 Å². The van der Waals surface area contributed by atoms with E-state index in [1.165, 1.54) is 17.4 Å². The number of aromatic nitrogens is 2. The average molecular weight is 460 g/mol. The normalized spacial score (nSPS) is 11.2. The third-order valence-corrected chi connectivity index (χ3v) is 5.12. The van der Waals surface area contributed by atoms with E-state index in [2.05, 4.69) is 26.1 Å². The van der Waals surface area contributed by atoms with Gasteiger partial charge in [0.1, 0.15) is 0 Å². The minimum atomic E-state index is -0.551. The highest BCUT2D eigenvalue weighted by atomic mass is 79.9. The van der Waals surface area contributed by atoms with Crippen molar-refractivity contribution >= 4 is 62.5 Å². The van der Waals surface area contributed by atoms with Crippen molar-refractivity contribution in [3.8, 4) is 10.8 Å². The molecule has 0 aliphatic carbocycles. The quantitative estimate of drug-likeness (QED) is 0.365. The molecule has 0 spiro atoms. The van der Waals surface area contributed by atoms with Crippen LogP contribution in [0, 0.1) is 0 Å². The minimum Gasteiger partial charge on any atom is -0.452 e. The predicted octanol–water partition coefficient (Wildman–Crippen LogP) is 5.62. The van der Waals surface area contributed by atoms with Gasteiger partial charge in [-0.2, -0.15) is 0 Å². The maximum Gasteiger partial charge on any atom is 0.331 e. The molecule has 0 bridgehead atoms. The molecule has 128 valence electrons. The first-order valence-electron chi connectivity index (χ1n) is 6.89. The second kappa shape index (κ2) is 8.14. The molecule has 5 nitrogen and oxygen atoms in total.